The summed E-state index contributed by atoms with van der Waals surface area (Å²) in [4.78, 5) is 31.5. The summed E-state index contributed by atoms with van der Waals surface area (Å²) in [7, 11) is 0. The van der Waals surface area contributed by atoms with E-state index in [1.54, 1.807) is 6.20 Å². The van der Waals surface area contributed by atoms with Gasteiger partial charge in [0, 0.05) is 49.7 Å². The Hall–Kier alpha value is -2.48. The number of ether oxygens (including phenoxy) is 1. The van der Waals surface area contributed by atoms with Crippen LogP contribution in [0.2, 0.25) is 0 Å². The first-order valence-corrected chi connectivity index (χ1v) is 12.2. The maximum Gasteiger partial charge on any atom is 0.225 e. The van der Waals surface area contributed by atoms with Crippen LogP contribution in [0.1, 0.15) is 63.0 Å². The Bertz CT molecular complexity index is 964. The molecule has 1 N–H and O–H groups in total. The largest absolute Gasteiger partial charge is 0.378 e. The normalized spacial score (nSPS) is 23.9. The Morgan fingerprint density at radius 1 is 1.16 bits per heavy atom. The lowest BCUT2D eigenvalue weighted by molar-refractivity contribution is -0.136. The first kappa shape index (κ1) is 21.4. The second kappa shape index (κ2) is 9.57. The summed E-state index contributed by atoms with van der Waals surface area (Å²) < 4.78 is 7.69. The van der Waals surface area contributed by atoms with E-state index in [1.807, 2.05) is 15.6 Å². The number of fused-ring (bicyclic) bond motifs is 1. The van der Waals surface area contributed by atoms with Gasteiger partial charge in [0.25, 0.3) is 0 Å². The van der Waals surface area contributed by atoms with Crippen molar-refractivity contribution in [1.29, 1.82) is 0 Å². The van der Waals surface area contributed by atoms with E-state index in [0.29, 0.717) is 26.1 Å². The molecule has 8 heteroatoms. The highest BCUT2D eigenvalue weighted by Crippen LogP contribution is 2.32. The smallest absolute Gasteiger partial charge is 0.225 e. The molecule has 3 aliphatic rings. The molecule has 0 aromatic carbocycles. The van der Waals surface area contributed by atoms with Crippen LogP contribution in [0.3, 0.4) is 0 Å². The zero-order valence-electron chi connectivity index (χ0n) is 18.7. The van der Waals surface area contributed by atoms with Gasteiger partial charge in [0.1, 0.15) is 0 Å². The van der Waals surface area contributed by atoms with Gasteiger partial charge in [-0.05, 0) is 57.1 Å². The molecule has 4 heterocycles. The summed E-state index contributed by atoms with van der Waals surface area (Å²) >= 11 is 0. The lowest BCUT2D eigenvalue weighted by Crippen LogP contribution is -2.41. The topological polar surface area (TPSA) is 89.4 Å². The molecule has 1 saturated carbocycles. The summed E-state index contributed by atoms with van der Waals surface area (Å²) in [6.07, 6.45) is 9.60. The summed E-state index contributed by atoms with van der Waals surface area (Å²) in [5.74, 6) is 0.765. The van der Waals surface area contributed by atoms with Crippen molar-refractivity contribution in [2.45, 2.75) is 69.9 Å². The van der Waals surface area contributed by atoms with Gasteiger partial charge in [0.05, 0.1) is 24.8 Å². The number of likely N-dealkylation sites (tertiary alicyclic amines) is 1. The predicted molar refractivity (Wildman–Crippen MR) is 120 cm³/mol. The average Bonchev–Trinajstić information content (AvgIpc) is 3.62. The minimum absolute atomic E-state index is 0.0757. The van der Waals surface area contributed by atoms with E-state index in [4.69, 9.17) is 9.84 Å². The fraction of sp³-hybridized carbons (Fsp3) is 0.667. The molecule has 32 heavy (non-hydrogen) atoms. The maximum absolute atomic E-state index is 12.9. The Kier molecular flexibility index (Phi) is 6.39. The molecule has 2 aliphatic heterocycles. The second-order valence-electron chi connectivity index (χ2n) is 9.42. The molecule has 0 bridgehead atoms. The van der Waals surface area contributed by atoms with Gasteiger partial charge in [-0.25, -0.2) is 9.67 Å². The van der Waals surface area contributed by atoms with Crippen LogP contribution in [0, 0.1) is 5.92 Å². The van der Waals surface area contributed by atoms with Gasteiger partial charge in [-0.2, -0.15) is 5.10 Å². The standard InChI is InChI=1S/C24H33N5O3/c30-21(15-19-6-1-2-14-32-19)28-12-4-5-18(16-28)22-20-7-3-10-25-23(20)29(27-22)13-11-26-24(31)17-8-9-17/h3,7,10,17-19H,1-2,4-6,8-9,11-16H2,(H,26,31)/t18-,19-/m0/s1. The van der Waals surface area contributed by atoms with Crippen LogP contribution in [-0.2, 0) is 20.9 Å². The number of carbonyl (C=O) groups is 2. The number of hydrogen-bond donors (Lipinski definition) is 1. The Morgan fingerprint density at radius 3 is 2.88 bits per heavy atom. The average molecular weight is 440 g/mol. The van der Waals surface area contributed by atoms with E-state index in [0.717, 1.165) is 74.8 Å². The van der Waals surface area contributed by atoms with Crippen molar-refractivity contribution in [2.24, 2.45) is 5.92 Å². The number of pyridine rings is 1. The van der Waals surface area contributed by atoms with Gasteiger partial charge >= 0.3 is 0 Å². The molecule has 2 amide bonds. The fourth-order valence-corrected chi connectivity index (χ4v) is 4.99. The van der Waals surface area contributed by atoms with E-state index < -0.39 is 0 Å². The number of nitrogens with zero attached hydrogens (tertiary/aromatic N) is 4. The molecule has 3 fully saturated rings. The molecule has 2 aromatic heterocycles. The molecular formula is C24H33N5O3. The van der Waals surface area contributed by atoms with Crippen LogP contribution >= 0.6 is 0 Å². The van der Waals surface area contributed by atoms with E-state index in [2.05, 4.69) is 16.4 Å². The molecular weight excluding hydrogens is 406 g/mol. The molecule has 2 atom stereocenters. The Labute approximate surface area is 188 Å². The zero-order chi connectivity index (χ0) is 21.9. The lowest BCUT2D eigenvalue weighted by atomic mass is 9.92. The molecule has 172 valence electrons. The molecule has 5 rings (SSSR count). The third-order valence-electron chi connectivity index (χ3n) is 6.94. The van der Waals surface area contributed by atoms with Crippen LogP contribution in [0.15, 0.2) is 18.3 Å². The summed E-state index contributed by atoms with van der Waals surface area (Å²) in [6, 6.07) is 4.01. The second-order valence-corrected chi connectivity index (χ2v) is 9.42. The fourth-order valence-electron chi connectivity index (χ4n) is 4.99. The Morgan fingerprint density at radius 2 is 2.06 bits per heavy atom. The molecule has 8 nitrogen and oxygen atoms in total. The van der Waals surface area contributed by atoms with Crippen molar-refractivity contribution in [3.63, 3.8) is 0 Å². The third kappa shape index (κ3) is 4.80. The SMILES string of the molecule is O=C(NCCn1nc([C@H]2CCCN(C(=O)C[C@@H]3CCCCO3)C2)c2cccnc21)C1CC1. The molecule has 1 aliphatic carbocycles. The summed E-state index contributed by atoms with van der Waals surface area (Å²) in [5, 5.41) is 8.99. The van der Waals surface area contributed by atoms with Crippen molar-refractivity contribution in [3.05, 3.63) is 24.0 Å². The summed E-state index contributed by atoms with van der Waals surface area (Å²) in [6.45, 7) is 3.44. The van der Waals surface area contributed by atoms with Crippen molar-refractivity contribution < 1.29 is 14.3 Å². The Balaban J connectivity index is 1.26. The highest BCUT2D eigenvalue weighted by molar-refractivity contribution is 5.81. The van der Waals surface area contributed by atoms with Crippen molar-refractivity contribution >= 4 is 22.8 Å². The highest BCUT2D eigenvalue weighted by Gasteiger charge is 2.31. The third-order valence-corrected chi connectivity index (χ3v) is 6.94. The van der Waals surface area contributed by atoms with Gasteiger partial charge in [0.15, 0.2) is 5.65 Å². The molecule has 0 radical (unpaired) electrons. The number of nitrogens with one attached hydrogen (secondary N) is 1. The van der Waals surface area contributed by atoms with Crippen LogP contribution in [0.5, 0.6) is 0 Å². The molecule has 0 unspecified atom stereocenters. The van der Waals surface area contributed by atoms with E-state index in [-0.39, 0.29) is 29.8 Å². The monoisotopic (exact) mass is 439 g/mol. The van der Waals surface area contributed by atoms with Crippen LogP contribution < -0.4 is 5.32 Å². The first-order chi connectivity index (χ1) is 15.7. The maximum atomic E-state index is 12.9. The molecule has 0 spiro atoms. The van der Waals surface area contributed by atoms with Crippen molar-refractivity contribution in [3.8, 4) is 0 Å². The minimum Gasteiger partial charge on any atom is -0.378 e. The van der Waals surface area contributed by atoms with Gasteiger partial charge in [-0.15, -0.1) is 0 Å². The highest BCUT2D eigenvalue weighted by atomic mass is 16.5. The van der Waals surface area contributed by atoms with Crippen LogP contribution in [-0.4, -0.2) is 63.8 Å². The zero-order valence-corrected chi connectivity index (χ0v) is 18.7. The van der Waals surface area contributed by atoms with Gasteiger partial charge in [-0.3, -0.25) is 9.59 Å². The minimum atomic E-state index is 0.0757. The number of amides is 2. The van der Waals surface area contributed by atoms with E-state index in [9.17, 15) is 9.59 Å². The van der Waals surface area contributed by atoms with E-state index in [1.165, 1.54) is 0 Å². The number of piperidine rings is 1. The van der Waals surface area contributed by atoms with E-state index >= 15 is 0 Å². The van der Waals surface area contributed by atoms with Gasteiger partial charge < -0.3 is 15.0 Å². The molecule has 2 aromatic rings. The number of hydrogen-bond acceptors (Lipinski definition) is 5. The first-order valence-electron chi connectivity index (χ1n) is 12.2. The number of carbonyl (C=O) groups excluding carboxylic acids is 2. The predicted octanol–water partition coefficient (Wildman–Crippen LogP) is 2.62. The lowest BCUT2D eigenvalue weighted by Gasteiger charge is -2.33. The van der Waals surface area contributed by atoms with Crippen LogP contribution in [0.4, 0.5) is 0 Å². The van der Waals surface area contributed by atoms with Crippen LogP contribution in [0.25, 0.3) is 11.0 Å². The number of rotatable bonds is 7. The summed E-state index contributed by atoms with van der Waals surface area (Å²) in [5.41, 5.74) is 1.87. The number of aromatic nitrogens is 3. The van der Waals surface area contributed by atoms with Gasteiger partial charge in [0.2, 0.25) is 11.8 Å². The van der Waals surface area contributed by atoms with Crippen molar-refractivity contribution in [1.82, 2.24) is 25.0 Å². The van der Waals surface area contributed by atoms with Crippen molar-refractivity contribution in [2.75, 3.05) is 26.2 Å². The molecule has 2 saturated heterocycles. The quantitative estimate of drug-likeness (QED) is 0.716. The van der Waals surface area contributed by atoms with Gasteiger partial charge in [-0.1, -0.05) is 0 Å².